The van der Waals surface area contributed by atoms with E-state index >= 15 is 0 Å². The first-order valence-corrected chi connectivity index (χ1v) is 9.49. The topological polar surface area (TPSA) is 73.9 Å². The number of hydrogen-bond acceptors (Lipinski definition) is 6. The molecule has 142 valence electrons. The van der Waals surface area contributed by atoms with E-state index in [-0.39, 0.29) is 12.7 Å². The second-order valence-electron chi connectivity index (χ2n) is 6.06. The number of amides is 1. The first kappa shape index (κ1) is 19.1. The van der Waals surface area contributed by atoms with Crippen molar-refractivity contribution in [2.75, 3.05) is 6.79 Å². The average molecular weight is 387 g/mol. The van der Waals surface area contributed by atoms with E-state index in [9.17, 15) is 9.59 Å². The van der Waals surface area contributed by atoms with Crippen LogP contribution in [0.2, 0.25) is 0 Å². The third kappa shape index (κ3) is 5.17. The molecular weight excluding hydrogens is 366 g/mol. The smallest absolute Gasteiger partial charge is 0.319 e. The summed E-state index contributed by atoms with van der Waals surface area (Å²) in [5.74, 6) is 0.581. The zero-order valence-corrected chi connectivity index (χ0v) is 16.0. The van der Waals surface area contributed by atoms with Gasteiger partial charge in [-0.15, -0.1) is 11.8 Å². The third-order valence-corrected chi connectivity index (χ3v) is 5.04. The van der Waals surface area contributed by atoms with Gasteiger partial charge in [-0.3, -0.25) is 9.59 Å². The molecule has 0 saturated heterocycles. The molecule has 2 aromatic carbocycles. The molecule has 27 heavy (non-hydrogen) atoms. The maximum atomic E-state index is 12.2. The van der Waals surface area contributed by atoms with Gasteiger partial charge < -0.3 is 19.5 Å². The predicted octanol–water partition coefficient (Wildman–Crippen LogP) is 3.14. The Labute approximate surface area is 162 Å². The van der Waals surface area contributed by atoms with Crippen LogP contribution in [0.1, 0.15) is 19.4 Å². The van der Waals surface area contributed by atoms with Gasteiger partial charge >= 0.3 is 5.97 Å². The van der Waals surface area contributed by atoms with Crippen LogP contribution in [0.5, 0.6) is 11.5 Å². The monoisotopic (exact) mass is 387 g/mol. The molecule has 0 aliphatic carbocycles. The highest BCUT2D eigenvalue weighted by Gasteiger charge is 2.23. The van der Waals surface area contributed by atoms with E-state index < -0.39 is 17.3 Å². The van der Waals surface area contributed by atoms with Crippen molar-refractivity contribution in [3.63, 3.8) is 0 Å². The summed E-state index contributed by atoms with van der Waals surface area (Å²) in [5, 5.41) is 2.36. The maximum Gasteiger partial charge on any atom is 0.319 e. The zero-order chi connectivity index (χ0) is 19.2. The van der Waals surface area contributed by atoms with Gasteiger partial charge in [-0.25, -0.2) is 0 Å². The molecule has 2 atom stereocenters. The van der Waals surface area contributed by atoms with Crippen molar-refractivity contribution < 1.29 is 23.8 Å². The molecule has 1 N–H and O–H groups in total. The number of thioether (sulfide) groups is 1. The second-order valence-corrected chi connectivity index (χ2v) is 7.47. The Balaban J connectivity index is 1.46. The average Bonchev–Trinajstić information content (AvgIpc) is 3.14. The molecule has 0 bridgehead atoms. The number of esters is 1. The van der Waals surface area contributed by atoms with Crippen molar-refractivity contribution in [1.82, 2.24) is 5.32 Å². The Morgan fingerprint density at radius 1 is 1.11 bits per heavy atom. The van der Waals surface area contributed by atoms with Gasteiger partial charge in [-0.05, 0) is 43.7 Å². The van der Waals surface area contributed by atoms with Crippen molar-refractivity contribution >= 4 is 23.6 Å². The lowest BCUT2D eigenvalue weighted by Gasteiger charge is -2.16. The van der Waals surface area contributed by atoms with Gasteiger partial charge in [0, 0.05) is 11.4 Å². The van der Waals surface area contributed by atoms with E-state index in [2.05, 4.69) is 5.32 Å². The fourth-order valence-corrected chi connectivity index (χ4v) is 3.33. The zero-order valence-electron chi connectivity index (χ0n) is 15.1. The van der Waals surface area contributed by atoms with Crippen LogP contribution in [0.15, 0.2) is 53.4 Å². The Hall–Kier alpha value is -2.67. The summed E-state index contributed by atoms with van der Waals surface area (Å²) < 4.78 is 15.9. The number of fused-ring (bicyclic) bond motifs is 1. The number of nitrogens with one attached hydrogen (secondary N) is 1. The molecule has 2 aromatic rings. The van der Waals surface area contributed by atoms with E-state index in [1.165, 1.54) is 11.8 Å². The summed E-state index contributed by atoms with van der Waals surface area (Å²) in [7, 11) is 0. The van der Waals surface area contributed by atoms with Crippen molar-refractivity contribution in [3.05, 3.63) is 54.1 Å². The number of carbonyl (C=O) groups excluding carboxylic acids is 2. The standard InChI is InChI=1S/C20H21NO5S/c1-13(26-20(23)14(2)27-16-6-4-3-5-7-16)19(22)21-11-15-8-9-17-18(10-15)25-12-24-17/h3-10,13-14H,11-12H2,1-2H3,(H,21,22)/t13-,14-/m0/s1. The van der Waals surface area contributed by atoms with Gasteiger partial charge in [0.05, 0.1) is 0 Å². The second kappa shape index (κ2) is 8.81. The van der Waals surface area contributed by atoms with E-state index in [1.54, 1.807) is 19.9 Å². The number of ether oxygens (including phenoxy) is 3. The summed E-state index contributed by atoms with van der Waals surface area (Å²) in [5.41, 5.74) is 0.874. The van der Waals surface area contributed by atoms with Crippen LogP contribution < -0.4 is 14.8 Å². The van der Waals surface area contributed by atoms with E-state index in [0.29, 0.717) is 18.0 Å². The first-order chi connectivity index (χ1) is 13.0. The number of hydrogen-bond donors (Lipinski definition) is 1. The minimum Gasteiger partial charge on any atom is -0.454 e. The summed E-state index contributed by atoms with van der Waals surface area (Å²) in [6, 6.07) is 15.1. The Bertz CT molecular complexity index is 811. The van der Waals surface area contributed by atoms with Gasteiger partial charge in [0.2, 0.25) is 6.79 Å². The summed E-state index contributed by atoms with van der Waals surface area (Å²) >= 11 is 1.39. The van der Waals surface area contributed by atoms with Crippen molar-refractivity contribution in [3.8, 4) is 11.5 Å². The lowest BCUT2D eigenvalue weighted by Crippen LogP contribution is -2.36. The first-order valence-electron chi connectivity index (χ1n) is 8.61. The van der Waals surface area contributed by atoms with Gasteiger partial charge in [-0.1, -0.05) is 24.3 Å². The fraction of sp³-hybridized carbons (Fsp3) is 0.300. The molecule has 1 amide bonds. The van der Waals surface area contributed by atoms with Crippen LogP contribution in [0.4, 0.5) is 0 Å². The van der Waals surface area contributed by atoms with Crippen molar-refractivity contribution in [1.29, 1.82) is 0 Å². The molecule has 1 heterocycles. The van der Waals surface area contributed by atoms with Gasteiger partial charge in [0.15, 0.2) is 17.6 Å². The molecule has 0 aromatic heterocycles. The van der Waals surface area contributed by atoms with Crippen LogP contribution in [0, 0.1) is 0 Å². The number of rotatable bonds is 7. The van der Waals surface area contributed by atoms with Gasteiger partial charge in [0.1, 0.15) is 5.25 Å². The highest BCUT2D eigenvalue weighted by atomic mass is 32.2. The lowest BCUT2D eigenvalue weighted by molar-refractivity contribution is -0.154. The highest BCUT2D eigenvalue weighted by Crippen LogP contribution is 2.32. The van der Waals surface area contributed by atoms with Crippen LogP contribution in [0.3, 0.4) is 0 Å². The highest BCUT2D eigenvalue weighted by molar-refractivity contribution is 8.00. The van der Waals surface area contributed by atoms with Crippen molar-refractivity contribution in [2.45, 2.75) is 36.6 Å². The summed E-state index contributed by atoms with van der Waals surface area (Å²) in [4.78, 5) is 25.4. The largest absolute Gasteiger partial charge is 0.454 e. The minimum atomic E-state index is -0.870. The molecule has 7 heteroatoms. The van der Waals surface area contributed by atoms with Crippen LogP contribution in [0.25, 0.3) is 0 Å². The van der Waals surface area contributed by atoms with E-state index in [0.717, 1.165) is 10.5 Å². The normalized spacial score (nSPS) is 14.3. The molecule has 0 fully saturated rings. The molecule has 0 spiro atoms. The van der Waals surface area contributed by atoms with Gasteiger partial charge in [-0.2, -0.15) is 0 Å². The molecular formula is C20H21NO5S. The Kier molecular flexibility index (Phi) is 6.24. The Morgan fingerprint density at radius 2 is 1.85 bits per heavy atom. The SMILES string of the molecule is C[C@H](OC(=O)[C@H](C)Sc1ccccc1)C(=O)NCc1ccc2c(c1)OCO2. The lowest BCUT2D eigenvalue weighted by atomic mass is 10.2. The van der Waals surface area contributed by atoms with Crippen LogP contribution in [-0.4, -0.2) is 30.0 Å². The molecule has 0 saturated carbocycles. The van der Waals surface area contributed by atoms with Crippen molar-refractivity contribution in [2.24, 2.45) is 0 Å². The van der Waals surface area contributed by atoms with E-state index in [1.807, 2.05) is 42.5 Å². The molecule has 1 aliphatic rings. The third-order valence-electron chi connectivity index (χ3n) is 3.95. The molecule has 1 aliphatic heterocycles. The van der Waals surface area contributed by atoms with Crippen LogP contribution in [-0.2, 0) is 20.9 Å². The van der Waals surface area contributed by atoms with Crippen LogP contribution >= 0.6 is 11.8 Å². The van der Waals surface area contributed by atoms with E-state index in [4.69, 9.17) is 14.2 Å². The minimum absolute atomic E-state index is 0.206. The van der Waals surface area contributed by atoms with Gasteiger partial charge in [0.25, 0.3) is 5.91 Å². The number of benzene rings is 2. The summed E-state index contributed by atoms with van der Waals surface area (Å²) in [6.45, 7) is 3.84. The number of carbonyl (C=O) groups is 2. The molecule has 6 nitrogen and oxygen atoms in total. The summed E-state index contributed by atoms with van der Waals surface area (Å²) in [6.07, 6.45) is -0.870. The predicted molar refractivity (Wildman–Crippen MR) is 102 cm³/mol. The fourth-order valence-electron chi connectivity index (χ4n) is 2.46. The molecule has 0 unspecified atom stereocenters. The Morgan fingerprint density at radius 3 is 2.63 bits per heavy atom. The molecule has 3 rings (SSSR count). The maximum absolute atomic E-state index is 12.2. The quantitative estimate of drug-likeness (QED) is 0.581. The molecule has 0 radical (unpaired) electrons.